The minimum atomic E-state index is -1.23. The maximum absolute atomic E-state index is 11.7. The molecule has 0 aromatic heterocycles. The van der Waals surface area contributed by atoms with E-state index in [9.17, 15) is 14.4 Å². The summed E-state index contributed by atoms with van der Waals surface area (Å²) in [4.78, 5) is 35.4. The quantitative estimate of drug-likeness (QED) is 0.789. The summed E-state index contributed by atoms with van der Waals surface area (Å²) in [5, 5.41) is 9.11. The molecule has 1 heterocycles. The number of nitrogens with zero attached hydrogens (tertiary/aromatic N) is 1. The summed E-state index contributed by atoms with van der Waals surface area (Å²) >= 11 is 0. The number of morpholine rings is 1. The van der Waals surface area contributed by atoms with Crippen LogP contribution in [0, 0.1) is 0 Å². The Morgan fingerprint density at radius 2 is 1.95 bits per heavy atom. The van der Waals surface area contributed by atoms with Gasteiger partial charge in [0.25, 0.3) is 11.8 Å². The molecule has 19 heavy (non-hydrogen) atoms. The third kappa shape index (κ3) is 2.41. The molecule has 0 bridgehead atoms. The van der Waals surface area contributed by atoms with Crippen LogP contribution in [-0.2, 0) is 14.3 Å². The van der Waals surface area contributed by atoms with Gasteiger partial charge in [-0.25, -0.2) is 9.69 Å². The van der Waals surface area contributed by atoms with E-state index in [1.807, 2.05) is 0 Å². The average Bonchev–Trinajstić information content (AvgIpc) is 2.38. The number of aromatic carboxylic acids is 1. The highest BCUT2D eigenvalue weighted by Crippen LogP contribution is 2.27. The van der Waals surface area contributed by atoms with E-state index < -0.39 is 17.8 Å². The lowest BCUT2D eigenvalue weighted by molar-refractivity contribution is -0.138. The van der Waals surface area contributed by atoms with Crippen molar-refractivity contribution in [3.8, 4) is 5.75 Å². The molecule has 2 rings (SSSR count). The Hall–Kier alpha value is -2.41. The number of carbonyl (C=O) groups is 3. The molecule has 0 radical (unpaired) electrons. The average molecular weight is 265 g/mol. The third-order valence-corrected chi connectivity index (χ3v) is 2.63. The molecule has 0 spiro atoms. The van der Waals surface area contributed by atoms with Gasteiger partial charge in [0, 0.05) is 6.07 Å². The Labute approximate surface area is 108 Å². The van der Waals surface area contributed by atoms with Gasteiger partial charge < -0.3 is 14.6 Å². The number of hydrogen-bond donors (Lipinski definition) is 1. The van der Waals surface area contributed by atoms with Gasteiger partial charge in [0.1, 0.15) is 19.0 Å². The van der Waals surface area contributed by atoms with Gasteiger partial charge in [-0.15, -0.1) is 0 Å². The molecule has 1 N–H and O–H groups in total. The van der Waals surface area contributed by atoms with Crippen molar-refractivity contribution in [3.63, 3.8) is 0 Å². The van der Waals surface area contributed by atoms with Gasteiger partial charge in [0.2, 0.25) is 0 Å². The first-order valence-corrected chi connectivity index (χ1v) is 5.39. The predicted octanol–water partition coefficient (Wildman–Crippen LogP) is 0.283. The molecule has 7 nitrogen and oxygen atoms in total. The molecule has 0 saturated carbocycles. The highest BCUT2D eigenvalue weighted by molar-refractivity contribution is 6.19. The van der Waals surface area contributed by atoms with Gasteiger partial charge in [-0.05, 0) is 12.1 Å². The predicted molar refractivity (Wildman–Crippen MR) is 63.3 cm³/mol. The molecule has 0 atom stereocenters. The maximum atomic E-state index is 11.7. The SMILES string of the molecule is COc1ccc(C(=O)O)c(N2C(=O)COCC2=O)c1. The number of amides is 2. The number of anilines is 1. The summed E-state index contributed by atoms with van der Waals surface area (Å²) in [5.41, 5.74) is -0.158. The zero-order chi connectivity index (χ0) is 14.0. The van der Waals surface area contributed by atoms with Crippen molar-refractivity contribution in [3.05, 3.63) is 23.8 Å². The number of carboxylic acids is 1. The minimum absolute atomic E-state index is 0.00912. The fourth-order valence-corrected chi connectivity index (χ4v) is 1.77. The number of rotatable bonds is 3. The van der Waals surface area contributed by atoms with E-state index in [4.69, 9.17) is 14.6 Å². The molecule has 1 saturated heterocycles. The topological polar surface area (TPSA) is 93.1 Å². The number of imide groups is 1. The Kier molecular flexibility index (Phi) is 3.48. The summed E-state index contributed by atoms with van der Waals surface area (Å²) in [7, 11) is 1.41. The van der Waals surface area contributed by atoms with E-state index in [0.29, 0.717) is 5.75 Å². The zero-order valence-corrected chi connectivity index (χ0v) is 10.1. The number of hydrogen-bond acceptors (Lipinski definition) is 5. The molecule has 0 aliphatic carbocycles. The van der Waals surface area contributed by atoms with Crippen molar-refractivity contribution in [1.82, 2.24) is 0 Å². The van der Waals surface area contributed by atoms with Crippen molar-refractivity contribution in [1.29, 1.82) is 0 Å². The number of methoxy groups -OCH3 is 1. The normalized spacial score (nSPS) is 15.5. The molecule has 2 amide bonds. The van der Waals surface area contributed by atoms with Gasteiger partial charge in [0.15, 0.2) is 0 Å². The lowest BCUT2D eigenvalue weighted by Gasteiger charge is -2.26. The lowest BCUT2D eigenvalue weighted by Crippen LogP contribution is -2.47. The molecule has 100 valence electrons. The van der Waals surface area contributed by atoms with Crippen LogP contribution >= 0.6 is 0 Å². The molecule has 1 aromatic carbocycles. The number of carbonyl (C=O) groups excluding carboxylic acids is 2. The second-order valence-electron chi connectivity index (χ2n) is 3.80. The Bertz CT molecular complexity index is 537. The second kappa shape index (κ2) is 5.07. The zero-order valence-electron chi connectivity index (χ0n) is 10.1. The van der Waals surface area contributed by atoms with E-state index >= 15 is 0 Å². The number of carboxylic acid groups (broad SMARTS) is 1. The fraction of sp³-hybridized carbons (Fsp3) is 0.250. The molecule has 1 aliphatic rings. The summed E-state index contributed by atoms with van der Waals surface area (Å²) in [6.45, 7) is -0.524. The highest BCUT2D eigenvalue weighted by atomic mass is 16.5. The van der Waals surface area contributed by atoms with Gasteiger partial charge in [-0.2, -0.15) is 0 Å². The standard InChI is InChI=1S/C12H11NO6/c1-18-7-2-3-8(12(16)17)9(4-7)13-10(14)5-19-6-11(13)15/h2-4H,5-6H2,1H3,(H,16,17). The van der Waals surface area contributed by atoms with Gasteiger partial charge >= 0.3 is 5.97 Å². The third-order valence-electron chi connectivity index (χ3n) is 2.63. The largest absolute Gasteiger partial charge is 0.497 e. The van der Waals surface area contributed by atoms with Crippen LogP contribution in [-0.4, -0.2) is 43.2 Å². The van der Waals surface area contributed by atoms with Crippen LogP contribution in [0.25, 0.3) is 0 Å². The molecular weight excluding hydrogens is 254 g/mol. The first-order valence-electron chi connectivity index (χ1n) is 5.39. The van der Waals surface area contributed by atoms with Crippen LogP contribution in [0.5, 0.6) is 5.75 Å². The van der Waals surface area contributed by atoms with Crippen LogP contribution in [0.3, 0.4) is 0 Å². The fourth-order valence-electron chi connectivity index (χ4n) is 1.77. The summed E-state index contributed by atoms with van der Waals surface area (Å²) < 4.78 is 9.76. The second-order valence-corrected chi connectivity index (χ2v) is 3.80. The Morgan fingerprint density at radius 1 is 1.32 bits per heavy atom. The summed E-state index contributed by atoms with van der Waals surface area (Å²) in [6, 6.07) is 4.07. The van der Waals surface area contributed by atoms with Crippen LogP contribution in [0.15, 0.2) is 18.2 Å². The molecular formula is C12H11NO6. The molecule has 1 aromatic rings. The molecule has 7 heteroatoms. The van der Waals surface area contributed by atoms with Gasteiger partial charge in [-0.1, -0.05) is 0 Å². The van der Waals surface area contributed by atoms with Crippen LogP contribution in [0.2, 0.25) is 0 Å². The molecule has 1 fully saturated rings. The van der Waals surface area contributed by atoms with Crippen LogP contribution < -0.4 is 9.64 Å². The van der Waals surface area contributed by atoms with Crippen molar-refractivity contribution in [2.24, 2.45) is 0 Å². The van der Waals surface area contributed by atoms with E-state index in [1.54, 1.807) is 0 Å². The first-order chi connectivity index (χ1) is 9.04. The van der Waals surface area contributed by atoms with Crippen molar-refractivity contribution < 1.29 is 29.0 Å². The Morgan fingerprint density at radius 3 is 2.47 bits per heavy atom. The van der Waals surface area contributed by atoms with E-state index in [-0.39, 0.29) is 24.5 Å². The minimum Gasteiger partial charge on any atom is -0.497 e. The highest BCUT2D eigenvalue weighted by Gasteiger charge is 2.31. The lowest BCUT2D eigenvalue weighted by atomic mass is 10.1. The van der Waals surface area contributed by atoms with E-state index in [2.05, 4.69) is 0 Å². The van der Waals surface area contributed by atoms with Crippen molar-refractivity contribution >= 4 is 23.5 Å². The van der Waals surface area contributed by atoms with Crippen LogP contribution in [0.4, 0.5) is 5.69 Å². The van der Waals surface area contributed by atoms with E-state index in [0.717, 1.165) is 4.90 Å². The van der Waals surface area contributed by atoms with Gasteiger partial charge in [0.05, 0.1) is 18.4 Å². The maximum Gasteiger partial charge on any atom is 0.337 e. The van der Waals surface area contributed by atoms with E-state index in [1.165, 1.54) is 25.3 Å². The smallest absolute Gasteiger partial charge is 0.337 e. The van der Waals surface area contributed by atoms with Crippen molar-refractivity contribution in [2.45, 2.75) is 0 Å². The first kappa shape index (κ1) is 13.0. The molecule has 1 aliphatic heterocycles. The number of ether oxygens (including phenoxy) is 2. The summed E-state index contributed by atoms with van der Waals surface area (Å²) in [5.74, 6) is -2.09. The number of benzene rings is 1. The van der Waals surface area contributed by atoms with Crippen molar-refractivity contribution in [2.75, 3.05) is 25.2 Å². The Balaban J connectivity index is 2.54. The van der Waals surface area contributed by atoms with Gasteiger partial charge in [-0.3, -0.25) is 9.59 Å². The summed E-state index contributed by atoms with van der Waals surface area (Å²) in [6.07, 6.45) is 0. The van der Waals surface area contributed by atoms with Crippen LogP contribution in [0.1, 0.15) is 10.4 Å². The monoisotopic (exact) mass is 265 g/mol. The molecule has 0 unspecified atom stereocenters.